The van der Waals surface area contributed by atoms with Crippen LogP contribution < -0.4 is 32.3 Å². The number of aromatic nitrogens is 1. The van der Waals surface area contributed by atoms with E-state index in [4.69, 9.17) is 0 Å². The van der Waals surface area contributed by atoms with Crippen LogP contribution in [0.15, 0.2) is 200 Å². The van der Waals surface area contributed by atoms with E-state index in [1.165, 1.54) is 138 Å². The van der Waals surface area contributed by atoms with Gasteiger partial charge in [-0.25, -0.2) is 0 Å². The molecule has 2 nitrogen and oxygen atoms in total. The molecule has 0 radical (unpaired) electrons. The summed E-state index contributed by atoms with van der Waals surface area (Å²) >= 11 is 0. The van der Waals surface area contributed by atoms with Crippen LogP contribution in [-0.2, 0) is 15.4 Å². The second kappa shape index (κ2) is 17.9. The number of fused-ring (bicyclic) bond motifs is 3. The molecule has 4 aliphatic carbocycles. The molecule has 0 spiro atoms. The quantitative estimate of drug-likeness (QED) is 0.0989. The van der Waals surface area contributed by atoms with Gasteiger partial charge in [0.2, 0.25) is 6.71 Å². The molecule has 0 N–H and O–H groups in total. The zero-order valence-corrected chi connectivity index (χ0v) is 44.7. The standard InChI is InChI=1S/C70H65BNOP/c1-46-34-48(3)67(49(4)35-46)71(68-50(5)36-47(2)37-51(68)6)58-29-33-66-64(40-58)63-39-55(24-32-65(63)72(66)59-16-10-7-11-17-59)54-22-25-56(26-23-54)69-41-52-38-53(42-69)44-70(43-52,45-69)57-27-30-62(31-28-57)74(73,60-18-12-8-13-19-60)61-20-14-9-15-21-61/h7-37,39-40,52-53H,38,41-45H2,1-6H3. The number of aryl methyl sites for hydroxylation is 6. The molecule has 4 bridgehead atoms. The molecule has 4 heteroatoms. The van der Waals surface area contributed by atoms with Gasteiger partial charge in [-0.15, -0.1) is 0 Å². The first-order valence-corrected chi connectivity index (χ1v) is 28.8. The zero-order valence-electron chi connectivity index (χ0n) is 43.8. The Morgan fingerprint density at radius 3 is 1.36 bits per heavy atom. The molecule has 1 aromatic heterocycles. The smallest absolute Gasteiger partial charge is 0.242 e. The first-order chi connectivity index (χ1) is 35.9. The summed E-state index contributed by atoms with van der Waals surface area (Å²) in [6, 6.07) is 74.0. The summed E-state index contributed by atoms with van der Waals surface area (Å²) in [4.78, 5) is 0. The minimum atomic E-state index is -3.04. The Bertz CT molecular complexity index is 3680. The van der Waals surface area contributed by atoms with Crippen molar-refractivity contribution in [2.24, 2.45) is 11.8 Å². The first-order valence-electron chi connectivity index (χ1n) is 27.1. The van der Waals surface area contributed by atoms with Crippen molar-refractivity contribution < 1.29 is 4.57 Å². The average molecular weight is 978 g/mol. The van der Waals surface area contributed by atoms with Gasteiger partial charge in [-0.1, -0.05) is 220 Å². The predicted molar refractivity (Wildman–Crippen MR) is 316 cm³/mol. The molecule has 4 fully saturated rings. The van der Waals surface area contributed by atoms with Crippen LogP contribution in [0.1, 0.15) is 83.0 Å². The summed E-state index contributed by atoms with van der Waals surface area (Å²) in [7, 11) is -3.04. The van der Waals surface area contributed by atoms with Crippen molar-refractivity contribution in [3.05, 3.63) is 245 Å². The minimum Gasteiger partial charge on any atom is -0.309 e. The number of rotatable bonds is 10. The van der Waals surface area contributed by atoms with E-state index in [9.17, 15) is 0 Å². The Hall–Kier alpha value is -6.93. The monoisotopic (exact) mass is 977 g/mol. The Labute approximate surface area is 439 Å². The molecule has 10 aromatic rings. The third-order valence-corrected chi connectivity index (χ3v) is 21.2. The van der Waals surface area contributed by atoms with Crippen LogP contribution in [-0.4, -0.2) is 11.3 Å². The van der Waals surface area contributed by atoms with Crippen molar-refractivity contribution in [3.63, 3.8) is 0 Å². The third-order valence-electron chi connectivity index (χ3n) is 18.2. The lowest BCUT2D eigenvalue weighted by atomic mass is 9.34. The fourth-order valence-electron chi connectivity index (χ4n) is 15.7. The molecular weight excluding hydrogens is 913 g/mol. The summed E-state index contributed by atoms with van der Waals surface area (Å²) in [5.74, 6) is 1.45. The molecule has 1 heterocycles. The fraction of sp³-hybridized carbons (Fsp3) is 0.229. The average Bonchev–Trinajstić information content (AvgIpc) is 3.74. The highest BCUT2D eigenvalue weighted by molar-refractivity contribution is 7.85. The van der Waals surface area contributed by atoms with E-state index in [2.05, 4.69) is 186 Å². The molecule has 74 heavy (non-hydrogen) atoms. The van der Waals surface area contributed by atoms with Gasteiger partial charge >= 0.3 is 0 Å². The van der Waals surface area contributed by atoms with Crippen LogP contribution in [0.2, 0.25) is 0 Å². The van der Waals surface area contributed by atoms with E-state index in [-0.39, 0.29) is 17.5 Å². The highest BCUT2D eigenvalue weighted by atomic mass is 31.2. The van der Waals surface area contributed by atoms with Crippen LogP contribution in [0.3, 0.4) is 0 Å². The molecule has 14 rings (SSSR count). The Morgan fingerprint density at radius 2 is 0.865 bits per heavy atom. The lowest BCUT2D eigenvalue weighted by molar-refractivity contribution is -0.0281. The number of para-hydroxylation sites is 1. The van der Waals surface area contributed by atoms with E-state index in [1.54, 1.807) is 0 Å². The van der Waals surface area contributed by atoms with Crippen LogP contribution >= 0.6 is 7.14 Å². The van der Waals surface area contributed by atoms with Gasteiger partial charge in [-0.3, -0.25) is 0 Å². The molecule has 2 atom stereocenters. The Morgan fingerprint density at radius 1 is 0.446 bits per heavy atom. The number of nitrogens with zero attached hydrogens (tertiary/aromatic N) is 1. The normalized spacial score (nSPS) is 20.1. The SMILES string of the molecule is Cc1cc(C)c(B(c2ccc3c(c2)c2cc(-c4ccc(C56CC7CC(C5)CC(c5ccc(P(=O)(c8ccccc8)c8ccccc8)cc5)(C7)C6)cc4)ccc2n3-c2ccccc2)c2c(C)cc(C)cc2C)c(C)c1. The first kappa shape index (κ1) is 46.8. The van der Waals surface area contributed by atoms with Gasteiger partial charge in [-0.2, -0.15) is 0 Å². The van der Waals surface area contributed by atoms with Gasteiger partial charge in [0, 0.05) is 32.4 Å². The van der Waals surface area contributed by atoms with Crippen molar-refractivity contribution in [1.82, 2.24) is 4.57 Å². The zero-order chi connectivity index (χ0) is 50.5. The topological polar surface area (TPSA) is 22.0 Å². The molecule has 364 valence electrons. The minimum absolute atomic E-state index is 0.0902. The van der Waals surface area contributed by atoms with Crippen molar-refractivity contribution in [3.8, 4) is 16.8 Å². The summed E-state index contributed by atoms with van der Waals surface area (Å²) < 4.78 is 17.8. The largest absolute Gasteiger partial charge is 0.309 e. The van der Waals surface area contributed by atoms with Crippen molar-refractivity contribution in [2.45, 2.75) is 90.9 Å². The van der Waals surface area contributed by atoms with Crippen molar-refractivity contribution >= 4 is 68.0 Å². The maximum Gasteiger partial charge on any atom is 0.242 e. The molecule has 2 unspecified atom stereocenters. The van der Waals surface area contributed by atoms with E-state index in [1.807, 2.05) is 60.7 Å². The maximum absolute atomic E-state index is 15.3. The van der Waals surface area contributed by atoms with Gasteiger partial charge in [0.15, 0.2) is 7.14 Å². The van der Waals surface area contributed by atoms with Crippen LogP contribution in [0.4, 0.5) is 0 Å². The van der Waals surface area contributed by atoms with Crippen LogP contribution in [0, 0.1) is 53.4 Å². The fourth-order valence-corrected chi connectivity index (χ4v) is 18.4. The molecule has 0 aliphatic heterocycles. The second-order valence-corrected chi connectivity index (χ2v) is 25.9. The Balaban J connectivity index is 0.875. The summed E-state index contributed by atoms with van der Waals surface area (Å²) in [6.07, 6.45) is 7.59. The molecule has 0 amide bonds. The van der Waals surface area contributed by atoms with Crippen LogP contribution in [0.25, 0.3) is 38.6 Å². The molecule has 4 aliphatic rings. The molecule has 4 saturated carbocycles. The highest BCUT2D eigenvalue weighted by Crippen LogP contribution is 2.66. The van der Waals surface area contributed by atoms with Gasteiger partial charge in [0.05, 0.1) is 11.0 Å². The van der Waals surface area contributed by atoms with Crippen molar-refractivity contribution in [2.75, 3.05) is 0 Å². The van der Waals surface area contributed by atoms with Crippen LogP contribution in [0.5, 0.6) is 0 Å². The number of hydrogen-bond donors (Lipinski definition) is 0. The van der Waals surface area contributed by atoms with E-state index >= 15 is 4.57 Å². The van der Waals surface area contributed by atoms with Gasteiger partial charge in [0.25, 0.3) is 0 Å². The summed E-state index contributed by atoms with van der Waals surface area (Å²) in [5.41, 5.74) is 21.5. The maximum atomic E-state index is 15.3. The lowest BCUT2D eigenvalue weighted by Crippen LogP contribution is -2.55. The summed E-state index contributed by atoms with van der Waals surface area (Å²) in [6.45, 7) is 13.7. The molecule has 9 aromatic carbocycles. The van der Waals surface area contributed by atoms with Gasteiger partial charge in [-0.05, 0) is 155 Å². The highest BCUT2D eigenvalue weighted by Gasteiger charge is 2.58. The second-order valence-electron chi connectivity index (χ2n) is 23.2. The van der Waals surface area contributed by atoms with E-state index < -0.39 is 7.14 Å². The van der Waals surface area contributed by atoms with Gasteiger partial charge < -0.3 is 9.13 Å². The lowest BCUT2D eigenvalue weighted by Gasteiger charge is -2.63. The molecular formula is C70H65BNOP. The van der Waals surface area contributed by atoms with Crippen molar-refractivity contribution in [1.29, 1.82) is 0 Å². The third kappa shape index (κ3) is 7.63. The van der Waals surface area contributed by atoms with Gasteiger partial charge in [0.1, 0.15) is 0 Å². The van der Waals surface area contributed by atoms with E-state index in [0.29, 0.717) is 0 Å². The molecule has 0 saturated heterocycles. The number of hydrogen-bond acceptors (Lipinski definition) is 1. The number of benzene rings is 9. The predicted octanol–water partition coefficient (Wildman–Crippen LogP) is 14.2. The summed E-state index contributed by atoms with van der Waals surface area (Å²) in [5, 5.41) is 5.25. The Kier molecular flexibility index (Phi) is 11.3. The van der Waals surface area contributed by atoms with E-state index in [0.717, 1.165) is 27.7 Å².